The Bertz CT molecular complexity index is 1190. The van der Waals surface area contributed by atoms with Gasteiger partial charge in [-0.2, -0.15) is 0 Å². The maximum Gasteiger partial charge on any atom is 0.341 e. The van der Waals surface area contributed by atoms with Crippen molar-refractivity contribution in [2.24, 2.45) is 0 Å². The third-order valence-electron chi connectivity index (χ3n) is 5.75. The van der Waals surface area contributed by atoms with Gasteiger partial charge in [0, 0.05) is 17.8 Å². The molecule has 2 aliphatic rings. The van der Waals surface area contributed by atoms with Gasteiger partial charge in [0.05, 0.1) is 24.2 Å². The van der Waals surface area contributed by atoms with Crippen LogP contribution in [0, 0.1) is 0 Å². The Morgan fingerprint density at radius 1 is 1.20 bits per heavy atom. The number of nitrogens with one attached hydrogen (secondary N) is 1. The molecule has 184 valence electrons. The van der Waals surface area contributed by atoms with Crippen molar-refractivity contribution in [3.05, 3.63) is 50.7 Å². The van der Waals surface area contributed by atoms with Crippen molar-refractivity contribution in [2.75, 3.05) is 25.6 Å². The molecular formula is C25H26N2O5S3. The molecule has 0 unspecified atom stereocenters. The van der Waals surface area contributed by atoms with Gasteiger partial charge in [0.2, 0.25) is 5.91 Å². The zero-order valence-electron chi connectivity index (χ0n) is 19.5. The third-order valence-corrected chi connectivity index (χ3v) is 8.34. The lowest BCUT2D eigenvalue weighted by Crippen LogP contribution is -2.31. The van der Waals surface area contributed by atoms with E-state index in [0.717, 1.165) is 47.4 Å². The molecule has 0 spiro atoms. The molecule has 0 bridgehead atoms. The molecule has 0 atom stereocenters. The molecule has 35 heavy (non-hydrogen) atoms. The number of anilines is 1. The number of thiophene rings is 1. The molecule has 0 saturated carbocycles. The van der Waals surface area contributed by atoms with E-state index in [-0.39, 0.29) is 31.4 Å². The van der Waals surface area contributed by atoms with Crippen molar-refractivity contribution in [1.29, 1.82) is 0 Å². The summed E-state index contributed by atoms with van der Waals surface area (Å²) in [6.45, 7) is 2.20. The van der Waals surface area contributed by atoms with E-state index in [1.54, 1.807) is 20.1 Å². The third kappa shape index (κ3) is 5.76. The second-order valence-electron chi connectivity index (χ2n) is 8.04. The maximum atomic E-state index is 12.9. The van der Waals surface area contributed by atoms with Gasteiger partial charge in [-0.1, -0.05) is 36.1 Å². The molecule has 1 fully saturated rings. The Kier molecular flexibility index (Phi) is 8.25. The van der Waals surface area contributed by atoms with Gasteiger partial charge in [0.1, 0.15) is 15.1 Å². The van der Waals surface area contributed by atoms with Gasteiger partial charge in [0.15, 0.2) is 0 Å². The molecular weight excluding hydrogens is 504 g/mol. The molecule has 2 aromatic rings. The average molecular weight is 531 g/mol. The van der Waals surface area contributed by atoms with Gasteiger partial charge in [-0.25, -0.2) is 4.79 Å². The second-order valence-corrected chi connectivity index (χ2v) is 10.8. The number of hydrogen-bond acceptors (Lipinski definition) is 8. The highest BCUT2D eigenvalue weighted by Crippen LogP contribution is 2.39. The fourth-order valence-electron chi connectivity index (χ4n) is 4.02. The minimum Gasteiger partial charge on any atom is -0.497 e. The number of carbonyl (C=O) groups excluding carboxylic acids is 3. The first-order valence-electron chi connectivity index (χ1n) is 11.4. The SMILES string of the molecule is CCOC(=O)c1c(NC(=O)CCN2C(=O)C(=Cc3ccc(OC)cc3)SC2=S)sc2c1CCCC2. The number of amides is 2. The van der Waals surface area contributed by atoms with Crippen LogP contribution in [0.3, 0.4) is 0 Å². The summed E-state index contributed by atoms with van der Waals surface area (Å²) < 4.78 is 10.8. The van der Waals surface area contributed by atoms with Crippen molar-refractivity contribution in [1.82, 2.24) is 4.90 Å². The van der Waals surface area contributed by atoms with Gasteiger partial charge in [-0.3, -0.25) is 14.5 Å². The van der Waals surface area contributed by atoms with Crippen LogP contribution < -0.4 is 10.1 Å². The lowest BCUT2D eigenvalue weighted by atomic mass is 9.95. The topological polar surface area (TPSA) is 84.9 Å². The van der Waals surface area contributed by atoms with Crippen LogP contribution in [0.1, 0.15) is 52.5 Å². The highest BCUT2D eigenvalue weighted by Gasteiger charge is 2.32. The Hall–Kier alpha value is -2.69. The summed E-state index contributed by atoms with van der Waals surface area (Å²) in [6.07, 6.45) is 5.64. The summed E-state index contributed by atoms with van der Waals surface area (Å²) in [7, 11) is 1.60. The number of ether oxygens (including phenoxy) is 2. The average Bonchev–Trinajstić information content (AvgIpc) is 3.34. The lowest BCUT2D eigenvalue weighted by molar-refractivity contribution is -0.122. The molecule has 10 heteroatoms. The summed E-state index contributed by atoms with van der Waals surface area (Å²) in [5, 5.41) is 3.42. The van der Waals surface area contributed by atoms with Crippen LogP contribution in [0.15, 0.2) is 29.2 Å². The van der Waals surface area contributed by atoms with E-state index in [1.165, 1.54) is 28.0 Å². The number of fused-ring (bicyclic) bond motifs is 1. The number of aryl methyl sites for hydroxylation is 1. The van der Waals surface area contributed by atoms with E-state index in [9.17, 15) is 14.4 Å². The van der Waals surface area contributed by atoms with E-state index in [4.69, 9.17) is 21.7 Å². The molecule has 1 aromatic carbocycles. The van der Waals surface area contributed by atoms with Crippen molar-refractivity contribution in [2.45, 2.75) is 39.0 Å². The Morgan fingerprint density at radius 2 is 1.94 bits per heavy atom. The molecule has 2 heterocycles. The monoisotopic (exact) mass is 530 g/mol. The molecule has 0 radical (unpaired) electrons. The van der Waals surface area contributed by atoms with Crippen molar-refractivity contribution in [3.8, 4) is 5.75 Å². The van der Waals surface area contributed by atoms with E-state index in [0.29, 0.717) is 19.8 Å². The summed E-state index contributed by atoms with van der Waals surface area (Å²) >= 11 is 8.06. The quantitative estimate of drug-likeness (QED) is 0.291. The number of benzene rings is 1. The molecule has 7 nitrogen and oxygen atoms in total. The van der Waals surface area contributed by atoms with Crippen molar-refractivity contribution < 1.29 is 23.9 Å². The van der Waals surface area contributed by atoms with Crippen LogP contribution in [0.4, 0.5) is 5.00 Å². The van der Waals surface area contributed by atoms with E-state index in [1.807, 2.05) is 24.3 Å². The Balaban J connectivity index is 1.41. The predicted octanol–water partition coefficient (Wildman–Crippen LogP) is 5.04. The van der Waals surface area contributed by atoms with Gasteiger partial charge < -0.3 is 14.8 Å². The van der Waals surface area contributed by atoms with E-state index in [2.05, 4.69) is 5.32 Å². The predicted molar refractivity (Wildman–Crippen MR) is 143 cm³/mol. The maximum absolute atomic E-state index is 12.9. The molecule has 4 rings (SSSR count). The first kappa shape index (κ1) is 25.4. The van der Waals surface area contributed by atoms with Crippen molar-refractivity contribution in [3.63, 3.8) is 0 Å². The molecule has 1 aliphatic heterocycles. The number of rotatable bonds is 8. The summed E-state index contributed by atoms with van der Waals surface area (Å²) in [4.78, 5) is 41.4. The first-order valence-corrected chi connectivity index (χ1v) is 13.5. The molecule has 2 amide bonds. The highest BCUT2D eigenvalue weighted by molar-refractivity contribution is 8.26. The van der Waals surface area contributed by atoms with Crippen LogP contribution in [-0.4, -0.2) is 47.3 Å². The van der Waals surface area contributed by atoms with E-state index < -0.39 is 5.97 Å². The molecule has 1 saturated heterocycles. The van der Waals surface area contributed by atoms with Gasteiger partial charge >= 0.3 is 5.97 Å². The van der Waals surface area contributed by atoms with Crippen LogP contribution in [-0.2, 0) is 27.2 Å². The lowest BCUT2D eigenvalue weighted by Gasteiger charge is -2.14. The minimum absolute atomic E-state index is 0.0626. The standard InChI is InChI=1S/C25H26N2O5S3/c1-3-32-24(30)21-17-6-4-5-7-18(17)34-22(21)26-20(28)12-13-27-23(29)19(35-25(27)33)14-15-8-10-16(31-2)11-9-15/h8-11,14H,3-7,12-13H2,1-2H3,(H,26,28). The summed E-state index contributed by atoms with van der Waals surface area (Å²) in [5.41, 5.74) is 2.33. The normalized spacial score (nSPS) is 16.4. The Labute approximate surface area is 217 Å². The smallest absolute Gasteiger partial charge is 0.341 e. The van der Waals surface area contributed by atoms with Gasteiger partial charge in [-0.05, 0) is 61.9 Å². The van der Waals surface area contributed by atoms with Crippen LogP contribution >= 0.6 is 35.3 Å². The zero-order valence-corrected chi connectivity index (χ0v) is 22.0. The van der Waals surface area contributed by atoms with Crippen LogP contribution in [0.5, 0.6) is 5.75 Å². The number of hydrogen-bond donors (Lipinski definition) is 1. The number of esters is 1. The van der Waals surface area contributed by atoms with Crippen molar-refractivity contribution >= 4 is 68.5 Å². The molecule has 1 aliphatic carbocycles. The Morgan fingerprint density at radius 3 is 2.66 bits per heavy atom. The molecule has 1 N–H and O–H groups in total. The largest absolute Gasteiger partial charge is 0.497 e. The fourth-order valence-corrected chi connectivity index (χ4v) is 6.62. The number of methoxy groups -OCH3 is 1. The first-order chi connectivity index (χ1) is 16.9. The second kappa shape index (κ2) is 11.4. The zero-order chi connectivity index (χ0) is 24.9. The number of thiocarbonyl (C=S) groups is 1. The number of nitrogens with zero attached hydrogens (tertiary/aromatic N) is 1. The van der Waals surface area contributed by atoms with Crippen LogP contribution in [0.25, 0.3) is 6.08 Å². The number of carbonyl (C=O) groups is 3. The summed E-state index contributed by atoms with van der Waals surface area (Å²) in [5.74, 6) is -0.161. The highest BCUT2D eigenvalue weighted by atomic mass is 32.2. The minimum atomic E-state index is -0.400. The summed E-state index contributed by atoms with van der Waals surface area (Å²) in [6, 6.07) is 7.37. The fraction of sp³-hybridized carbons (Fsp3) is 0.360. The molecule has 1 aromatic heterocycles. The van der Waals surface area contributed by atoms with Gasteiger partial charge in [-0.15, -0.1) is 11.3 Å². The van der Waals surface area contributed by atoms with Crippen LogP contribution in [0.2, 0.25) is 0 Å². The van der Waals surface area contributed by atoms with E-state index >= 15 is 0 Å². The number of thioether (sulfide) groups is 1. The van der Waals surface area contributed by atoms with Gasteiger partial charge in [0.25, 0.3) is 5.91 Å².